The van der Waals surface area contributed by atoms with Crippen molar-refractivity contribution in [2.45, 2.75) is 26.3 Å². The van der Waals surface area contributed by atoms with Crippen LogP contribution in [0.3, 0.4) is 0 Å². The molecule has 0 spiro atoms. The van der Waals surface area contributed by atoms with E-state index in [4.69, 9.17) is 9.73 Å². The number of fused-ring (bicyclic) bond motifs is 3. The fourth-order valence-electron chi connectivity index (χ4n) is 4.66. The molecule has 0 saturated carbocycles. The molecular formula is C23H29N6O3+. The molecule has 2 fully saturated rings. The van der Waals surface area contributed by atoms with Gasteiger partial charge in [0.25, 0.3) is 5.91 Å². The van der Waals surface area contributed by atoms with Gasteiger partial charge in [0.15, 0.2) is 0 Å². The molecule has 4 heterocycles. The minimum atomic E-state index is -0.618. The van der Waals surface area contributed by atoms with Gasteiger partial charge in [-0.15, -0.1) is 0 Å². The van der Waals surface area contributed by atoms with Crippen molar-refractivity contribution in [1.29, 1.82) is 0 Å². The van der Waals surface area contributed by atoms with Gasteiger partial charge in [-0.2, -0.15) is 4.57 Å². The lowest BCUT2D eigenvalue weighted by Crippen LogP contribution is -2.63. The molecule has 5 rings (SSSR count). The Bertz CT molecular complexity index is 1080. The van der Waals surface area contributed by atoms with Crippen molar-refractivity contribution in [3.05, 3.63) is 41.7 Å². The van der Waals surface area contributed by atoms with E-state index in [1.807, 2.05) is 22.3 Å². The summed E-state index contributed by atoms with van der Waals surface area (Å²) in [6, 6.07) is 7.41. The first-order valence-electron chi connectivity index (χ1n) is 11.2. The largest absolute Gasteiger partial charge is 0.406 e. The topological polar surface area (TPSA) is 74.3 Å². The Balaban J connectivity index is 1.45. The number of rotatable bonds is 5. The maximum Gasteiger partial charge on any atom is 0.406 e. The first-order chi connectivity index (χ1) is 15.5. The number of carbonyl (C=O) groups excluding carboxylic acids is 2. The van der Waals surface area contributed by atoms with E-state index in [1.54, 1.807) is 7.05 Å². The third kappa shape index (κ3) is 3.32. The number of hydrogen-bond donors (Lipinski definition) is 0. The summed E-state index contributed by atoms with van der Waals surface area (Å²) in [5, 5.41) is 0. The van der Waals surface area contributed by atoms with Crippen LogP contribution in [0.15, 0.2) is 35.5 Å². The van der Waals surface area contributed by atoms with E-state index in [1.165, 1.54) is 15.4 Å². The predicted octanol–water partition coefficient (Wildman–Crippen LogP) is 1.45. The van der Waals surface area contributed by atoms with Crippen LogP contribution in [0.2, 0.25) is 0 Å². The van der Waals surface area contributed by atoms with Gasteiger partial charge in [-0.3, -0.25) is 19.5 Å². The number of aliphatic imine (C=N–C) groups is 1. The maximum absolute atomic E-state index is 13.5. The zero-order valence-corrected chi connectivity index (χ0v) is 18.8. The average molecular weight is 438 g/mol. The summed E-state index contributed by atoms with van der Waals surface area (Å²) >= 11 is 0. The van der Waals surface area contributed by atoms with Gasteiger partial charge in [0.1, 0.15) is 17.6 Å². The molecule has 0 radical (unpaired) electrons. The second-order valence-electron chi connectivity index (χ2n) is 8.49. The standard InChI is InChI=1S/C23H29N6O3/c1-4-17-5-7-18(8-6-17)29-16(2)15-28-19-20(24-22(28)29)25(3)23(31)27(21(19)30)10-9-26-11-13-32-14-12-26/h5-8,15,19H,4,9-14H2,1-3H3/q+1. The number of aromatic nitrogens is 2. The smallest absolute Gasteiger partial charge is 0.379 e. The second kappa shape index (κ2) is 8.14. The van der Waals surface area contributed by atoms with Crippen molar-refractivity contribution < 1.29 is 18.9 Å². The number of likely N-dealkylation sites (N-methyl/N-ethyl adjacent to an activating group) is 1. The highest BCUT2D eigenvalue weighted by molar-refractivity contribution is 6.19. The van der Waals surface area contributed by atoms with E-state index in [0.717, 1.165) is 30.9 Å². The number of benzene rings is 1. The number of carbonyl (C=O) groups is 2. The van der Waals surface area contributed by atoms with Gasteiger partial charge >= 0.3 is 12.0 Å². The van der Waals surface area contributed by atoms with Gasteiger partial charge in [-0.1, -0.05) is 24.0 Å². The fraction of sp³-hybridized carbons (Fsp3) is 0.478. The Morgan fingerprint density at radius 3 is 2.53 bits per heavy atom. The van der Waals surface area contributed by atoms with E-state index in [0.29, 0.717) is 38.1 Å². The summed E-state index contributed by atoms with van der Waals surface area (Å²) < 4.78 is 9.32. The van der Waals surface area contributed by atoms with Crippen molar-refractivity contribution in [2.75, 3.05) is 46.4 Å². The highest BCUT2D eigenvalue weighted by Gasteiger charge is 2.53. The van der Waals surface area contributed by atoms with Gasteiger partial charge in [0.05, 0.1) is 13.2 Å². The molecule has 3 aliphatic rings. The molecule has 2 saturated heterocycles. The van der Waals surface area contributed by atoms with E-state index in [2.05, 4.69) is 36.1 Å². The molecule has 3 amide bonds. The van der Waals surface area contributed by atoms with Gasteiger partial charge in [0.2, 0.25) is 11.9 Å². The number of imide groups is 1. The molecule has 0 N–H and O–H groups in total. The summed E-state index contributed by atoms with van der Waals surface area (Å²) in [7, 11) is 1.70. The second-order valence-corrected chi connectivity index (χ2v) is 8.49. The molecular weight excluding hydrogens is 408 g/mol. The summed E-state index contributed by atoms with van der Waals surface area (Å²) in [4.78, 5) is 36.3. The average Bonchev–Trinajstić information content (AvgIpc) is 3.33. The molecule has 3 aliphatic heterocycles. The van der Waals surface area contributed by atoms with Gasteiger partial charge in [-0.05, 0) is 31.0 Å². The number of ether oxygens (including phenoxy) is 1. The van der Waals surface area contributed by atoms with E-state index >= 15 is 0 Å². The van der Waals surface area contributed by atoms with Crippen LogP contribution in [-0.2, 0) is 16.0 Å². The number of hydrogen-bond acceptors (Lipinski definition) is 5. The molecule has 0 bridgehead atoms. The molecule has 9 nitrogen and oxygen atoms in total. The number of nitrogens with zero attached hydrogens (tertiary/aromatic N) is 6. The number of imidazole rings is 1. The molecule has 168 valence electrons. The van der Waals surface area contributed by atoms with Crippen molar-refractivity contribution in [3.8, 4) is 5.69 Å². The highest BCUT2D eigenvalue weighted by atomic mass is 16.5. The first kappa shape index (κ1) is 20.8. The summed E-state index contributed by atoms with van der Waals surface area (Å²) in [6.07, 6.45) is 2.93. The third-order valence-corrected chi connectivity index (χ3v) is 6.55. The van der Waals surface area contributed by atoms with E-state index in [9.17, 15) is 9.59 Å². The summed E-state index contributed by atoms with van der Waals surface area (Å²) in [5.41, 5.74) is 3.24. The fourth-order valence-corrected chi connectivity index (χ4v) is 4.66. The summed E-state index contributed by atoms with van der Waals surface area (Å²) in [5.74, 6) is 0.925. The zero-order chi connectivity index (χ0) is 22.4. The number of aryl methyl sites for hydroxylation is 2. The minimum absolute atomic E-state index is 0.220. The Labute approximate surface area is 187 Å². The normalized spacial score (nSPS) is 21.1. The van der Waals surface area contributed by atoms with Gasteiger partial charge < -0.3 is 4.74 Å². The molecule has 32 heavy (non-hydrogen) atoms. The van der Waals surface area contributed by atoms with Crippen molar-refractivity contribution in [3.63, 3.8) is 0 Å². The Hall–Kier alpha value is -3.04. The van der Waals surface area contributed by atoms with Crippen LogP contribution >= 0.6 is 0 Å². The lowest BCUT2D eigenvalue weighted by atomic mass is 10.1. The number of morpholine rings is 1. The summed E-state index contributed by atoms with van der Waals surface area (Å²) in [6.45, 7) is 8.16. The van der Waals surface area contributed by atoms with Gasteiger partial charge in [-0.25, -0.2) is 9.36 Å². The van der Waals surface area contributed by atoms with Crippen LogP contribution in [0.1, 0.15) is 24.2 Å². The van der Waals surface area contributed by atoms with Crippen LogP contribution in [0.4, 0.5) is 10.7 Å². The number of urea groups is 1. The highest BCUT2D eigenvalue weighted by Crippen LogP contribution is 2.31. The molecule has 1 unspecified atom stereocenters. The number of amidine groups is 1. The molecule has 0 aliphatic carbocycles. The van der Waals surface area contributed by atoms with Crippen LogP contribution in [0.5, 0.6) is 0 Å². The zero-order valence-electron chi connectivity index (χ0n) is 18.8. The van der Waals surface area contributed by atoms with Crippen molar-refractivity contribution in [2.24, 2.45) is 4.99 Å². The monoisotopic (exact) mass is 437 g/mol. The molecule has 1 aromatic heterocycles. The van der Waals surface area contributed by atoms with E-state index < -0.39 is 6.04 Å². The van der Waals surface area contributed by atoms with Gasteiger partial charge in [0, 0.05) is 33.2 Å². The van der Waals surface area contributed by atoms with Crippen LogP contribution < -0.4 is 4.57 Å². The lowest BCUT2D eigenvalue weighted by molar-refractivity contribution is -0.676. The van der Waals surface area contributed by atoms with Crippen molar-refractivity contribution in [1.82, 2.24) is 19.3 Å². The minimum Gasteiger partial charge on any atom is -0.379 e. The van der Waals surface area contributed by atoms with Crippen LogP contribution in [-0.4, -0.2) is 83.5 Å². The Kier molecular flexibility index (Phi) is 5.30. The number of amides is 3. The quantitative estimate of drug-likeness (QED) is 0.664. The SMILES string of the molecule is CCc1ccc(-n2c(C)c[n+]3c2N=C2C3C(=O)N(CCN3CCOCC3)C(=O)N2C)cc1. The molecule has 1 aromatic carbocycles. The molecule has 9 heteroatoms. The van der Waals surface area contributed by atoms with Crippen molar-refractivity contribution >= 4 is 23.7 Å². The predicted molar refractivity (Wildman–Crippen MR) is 118 cm³/mol. The molecule has 1 atom stereocenters. The van der Waals surface area contributed by atoms with Crippen LogP contribution in [0.25, 0.3) is 5.69 Å². The lowest BCUT2D eigenvalue weighted by Gasteiger charge is -2.35. The Morgan fingerprint density at radius 1 is 1.12 bits per heavy atom. The molecule has 2 aromatic rings. The van der Waals surface area contributed by atoms with E-state index in [-0.39, 0.29) is 11.9 Å². The third-order valence-electron chi connectivity index (χ3n) is 6.55. The first-order valence-corrected chi connectivity index (χ1v) is 11.2. The van der Waals surface area contributed by atoms with Crippen LogP contribution in [0, 0.1) is 6.92 Å². The Morgan fingerprint density at radius 2 is 1.84 bits per heavy atom. The maximum atomic E-state index is 13.5.